The topological polar surface area (TPSA) is 41.6 Å². The Morgan fingerprint density at radius 1 is 1.32 bits per heavy atom. The maximum Gasteiger partial charge on any atom is 0.260 e. The lowest BCUT2D eigenvalue weighted by atomic mass is 9.87. The summed E-state index contributed by atoms with van der Waals surface area (Å²) < 4.78 is 5.64. The zero-order chi connectivity index (χ0) is 16.2. The fourth-order valence-corrected chi connectivity index (χ4v) is 2.80. The van der Waals surface area contributed by atoms with Crippen molar-refractivity contribution in [3.8, 4) is 5.75 Å². The smallest absolute Gasteiger partial charge is 0.260 e. The Morgan fingerprint density at radius 2 is 2.00 bits per heavy atom. The van der Waals surface area contributed by atoms with Crippen LogP contribution in [0, 0.1) is 5.92 Å². The molecule has 0 saturated carbocycles. The Bertz CT molecular complexity index is 491. The Balaban J connectivity index is 1.82. The fourth-order valence-electron chi connectivity index (χ4n) is 2.80. The molecule has 1 fully saturated rings. The number of nitrogens with zero attached hydrogens (tertiary/aromatic N) is 1. The summed E-state index contributed by atoms with van der Waals surface area (Å²) in [5.74, 6) is 1.41. The van der Waals surface area contributed by atoms with Gasteiger partial charge in [0.1, 0.15) is 5.75 Å². The van der Waals surface area contributed by atoms with Crippen LogP contribution in [0.3, 0.4) is 0 Å². The first-order valence-corrected chi connectivity index (χ1v) is 8.06. The van der Waals surface area contributed by atoms with Crippen molar-refractivity contribution in [3.05, 3.63) is 29.8 Å². The standard InChI is InChI=1S/C18H28N2O2/c1-18(2,3)15-5-7-16(8-6-15)22-13-17(21)20-10-9-14(12-20)11-19-4/h5-8,14,19H,9-13H2,1-4H3. The van der Waals surface area contributed by atoms with Crippen molar-refractivity contribution in [3.63, 3.8) is 0 Å². The molecular formula is C18H28N2O2. The molecule has 1 aromatic rings. The van der Waals surface area contributed by atoms with Crippen molar-refractivity contribution >= 4 is 5.91 Å². The van der Waals surface area contributed by atoms with Crippen LogP contribution in [0.15, 0.2) is 24.3 Å². The molecule has 1 atom stereocenters. The van der Waals surface area contributed by atoms with Gasteiger partial charge >= 0.3 is 0 Å². The quantitative estimate of drug-likeness (QED) is 0.908. The molecule has 1 heterocycles. The molecule has 0 aromatic heterocycles. The summed E-state index contributed by atoms with van der Waals surface area (Å²) in [7, 11) is 1.95. The molecular weight excluding hydrogens is 276 g/mol. The van der Waals surface area contributed by atoms with Crippen molar-refractivity contribution in [1.29, 1.82) is 0 Å². The minimum Gasteiger partial charge on any atom is -0.484 e. The second-order valence-corrected chi connectivity index (χ2v) is 7.12. The van der Waals surface area contributed by atoms with Gasteiger partial charge in [0, 0.05) is 13.1 Å². The molecule has 1 aromatic carbocycles. The monoisotopic (exact) mass is 304 g/mol. The Kier molecular flexibility index (Phi) is 5.46. The maximum absolute atomic E-state index is 12.2. The number of carbonyl (C=O) groups excluding carboxylic acids is 1. The van der Waals surface area contributed by atoms with E-state index in [0.29, 0.717) is 5.92 Å². The van der Waals surface area contributed by atoms with E-state index in [1.54, 1.807) is 0 Å². The number of carbonyl (C=O) groups is 1. The van der Waals surface area contributed by atoms with E-state index in [4.69, 9.17) is 4.74 Å². The lowest BCUT2D eigenvalue weighted by molar-refractivity contribution is -0.132. The summed E-state index contributed by atoms with van der Waals surface area (Å²) in [6.07, 6.45) is 1.08. The highest BCUT2D eigenvalue weighted by molar-refractivity contribution is 5.78. The highest BCUT2D eigenvalue weighted by atomic mass is 16.5. The summed E-state index contributed by atoms with van der Waals surface area (Å²) >= 11 is 0. The van der Waals surface area contributed by atoms with Crippen LogP contribution < -0.4 is 10.1 Å². The van der Waals surface area contributed by atoms with Gasteiger partial charge in [0.25, 0.3) is 5.91 Å². The van der Waals surface area contributed by atoms with Crippen LogP contribution >= 0.6 is 0 Å². The van der Waals surface area contributed by atoms with Crippen molar-refractivity contribution in [1.82, 2.24) is 10.2 Å². The molecule has 1 amide bonds. The number of hydrogen-bond donors (Lipinski definition) is 1. The van der Waals surface area contributed by atoms with E-state index in [-0.39, 0.29) is 17.9 Å². The molecule has 22 heavy (non-hydrogen) atoms. The van der Waals surface area contributed by atoms with Crippen LogP contribution in [0.25, 0.3) is 0 Å². The molecule has 1 N–H and O–H groups in total. The summed E-state index contributed by atoms with van der Waals surface area (Å²) in [5, 5.41) is 3.18. The van der Waals surface area contributed by atoms with Gasteiger partial charge in [-0.15, -0.1) is 0 Å². The molecule has 1 unspecified atom stereocenters. The van der Waals surface area contributed by atoms with Gasteiger partial charge in [-0.1, -0.05) is 32.9 Å². The van der Waals surface area contributed by atoms with Gasteiger partial charge in [0.2, 0.25) is 0 Å². The van der Waals surface area contributed by atoms with E-state index in [9.17, 15) is 4.79 Å². The van der Waals surface area contributed by atoms with E-state index in [2.05, 4.69) is 38.2 Å². The van der Waals surface area contributed by atoms with Gasteiger partial charge in [-0.25, -0.2) is 0 Å². The number of nitrogens with one attached hydrogen (secondary N) is 1. The zero-order valence-corrected chi connectivity index (χ0v) is 14.2. The van der Waals surface area contributed by atoms with Crippen molar-refractivity contribution in [2.24, 2.45) is 5.92 Å². The second-order valence-electron chi connectivity index (χ2n) is 7.12. The molecule has 122 valence electrons. The van der Waals surface area contributed by atoms with E-state index in [1.165, 1.54) is 5.56 Å². The SMILES string of the molecule is CNCC1CCN(C(=O)COc2ccc(C(C)(C)C)cc2)C1. The van der Waals surface area contributed by atoms with Gasteiger partial charge in [-0.2, -0.15) is 0 Å². The number of hydrogen-bond acceptors (Lipinski definition) is 3. The molecule has 4 heteroatoms. The van der Waals surface area contributed by atoms with E-state index >= 15 is 0 Å². The van der Waals surface area contributed by atoms with E-state index in [1.807, 2.05) is 24.1 Å². The van der Waals surface area contributed by atoms with Crippen molar-refractivity contribution in [2.75, 3.05) is 33.3 Å². The second kappa shape index (κ2) is 7.14. The predicted octanol–water partition coefficient (Wildman–Crippen LogP) is 2.43. The van der Waals surface area contributed by atoms with Crippen LogP contribution in [0.5, 0.6) is 5.75 Å². The molecule has 1 aliphatic heterocycles. The van der Waals surface area contributed by atoms with Crippen LogP contribution in [0.1, 0.15) is 32.8 Å². The number of benzene rings is 1. The van der Waals surface area contributed by atoms with Crippen molar-refractivity contribution in [2.45, 2.75) is 32.6 Å². The minimum atomic E-state index is 0.0819. The highest BCUT2D eigenvalue weighted by Crippen LogP contribution is 2.24. The summed E-state index contributed by atoms with van der Waals surface area (Å²) in [6.45, 7) is 9.33. The Labute approximate surface area is 133 Å². The third kappa shape index (κ3) is 4.47. The first-order chi connectivity index (χ1) is 10.4. The highest BCUT2D eigenvalue weighted by Gasteiger charge is 2.25. The van der Waals surface area contributed by atoms with Gasteiger partial charge < -0.3 is 15.0 Å². The molecule has 0 bridgehead atoms. The zero-order valence-electron chi connectivity index (χ0n) is 14.2. The normalized spacial score (nSPS) is 18.5. The summed E-state index contributed by atoms with van der Waals surface area (Å²) in [5.41, 5.74) is 1.40. The van der Waals surface area contributed by atoms with Crippen LogP contribution in [0.2, 0.25) is 0 Å². The molecule has 0 radical (unpaired) electrons. The maximum atomic E-state index is 12.2. The first kappa shape index (κ1) is 16.8. The Morgan fingerprint density at radius 3 is 2.59 bits per heavy atom. The molecule has 1 aliphatic rings. The van der Waals surface area contributed by atoms with Crippen LogP contribution in [-0.2, 0) is 10.2 Å². The molecule has 0 aliphatic carbocycles. The van der Waals surface area contributed by atoms with Gasteiger partial charge in [-0.3, -0.25) is 4.79 Å². The third-order valence-corrected chi connectivity index (χ3v) is 4.21. The minimum absolute atomic E-state index is 0.0819. The molecule has 0 spiro atoms. The predicted molar refractivity (Wildman–Crippen MR) is 89.3 cm³/mol. The van der Waals surface area contributed by atoms with Crippen LogP contribution in [-0.4, -0.2) is 44.1 Å². The lowest BCUT2D eigenvalue weighted by Gasteiger charge is -2.20. The average Bonchev–Trinajstić information content (AvgIpc) is 2.93. The van der Waals surface area contributed by atoms with E-state index < -0.39 is 0 Å². The van der Waals surface area contributed by atoms with Gasteiger partial charge in [0.15, 0.2) is 6.61 Å². The van der Waals surface area contributed by atoms with Crippen molar-refractivity contribution < 1.29 is 9.53 Å². The molecule has 1 saturated heterocycles. The lowest BCUT2D eigenvalue weighted by Crippen LogP contribution is -2.34. The fraction of sp³-hybridized carbons (Fsp3) is 0.611. The molecule has 2 rings (SSSR count). The summed E-state index contributed by atoms with van der Waals surface area (Å²) in [6, 6.07) is 8.03. The van der Waals surface area contributed by atoms with Gasteiger partial charge in [0.05, 0.1) is 0 Å². The number of amides is 1. The number of ether oxygens (including phenoxy) is 1. The molecule has 4 nitrogen and oxygen atoms in total. The Hall–Kier alpha value is -1.55. The van der Waals surface area contributed by atoms with Crippen LogP contribution in [0.4, 0.5) is 0 Å². The number of rotatable bonds is 5. The largest absolute Gasteiger partial charge is 0.484 e. The number of likely N-dealkylation sites (tertiary alicyclic amines) is 1. The third-order valence-electron chi connectivity index (χ3n) is 4.21. The van der Waals surface area contributed by atoms with Gasteiger partial charge in [-0.05, 0) is 49.0 Å². The summed E-state index contributed by atoms with van der Waals surface area (Å²) in [4.78, 5) is 14.1. The first-order valence-electron chi connectivity index (χ1n) is 8.06. The average molecular weight is 304 g/mol. The van der Waals surface area contributed by atoms with E-state index in [0.717, 1.165) is 31.8 Å².